The molecule has 0 saturated carbocycles. The van der Waals surface area contributed by atoms with Gasteiger partial charge in [-0.1, -0.05) is 39.8 Å². The van der Waals surface area contributed by atoms with Gasteiger partial charge in [0.1, 0.15) is 5.03 Å². The molecule has 1 atom stereocenters. The summed E-state index contributed by atoms with van der Waals surface area (Å²) in [7, 11) is 0. The fraction of sp³-hybridized carbons (Fsp3) is 0.333. The molecule has 9 heteroatoms. The number of hydrogen-bond acceptors (Lipinski definition) is 6. The summed E-state index contributed by atoms with van der Waals surface area (Å²) in [5, 5.41) is 3.16. The molecule has 0 fully saturated rings. The van der Waals surface area contributed by atoms with Crippen molar-refractivity contribution in [2.24, 2.45) is 5.73 Å². The summed E-state index contributed by atoms with van der Waals surface area (Å²) in [6.07, 6.45) is 0. The first-order valence-corrected chi connectivity index (χ1v) is 11.0. The molecule has 30 heavy (non-hydrogen) atoms. The second-order valence-corrected chi connectivity index (χ2v) is 8.66. The summed E-state index contributed by atoms with van der Waals surface area (Å²) in [6, 6.07) is 7.34. The lowest BCUT2D eigenvalue weighted by atomic mass is 10.0. The number of carbonyl (C=O) groups excluding carboxylic acids is 3. The summed E-state index contributed by atoms with van der Waals surface area (Å²) in [4.78, 5) is 40.3. The van der Waals surface area contributed by atoms with E-state index in [0.717, 1.165) is 38.6 Å². The number of thioether (sulfide) groups is 1. The third-order valence-corrected chi connectivity index (χ3v) is 6.13. The highest BCUT2D eigenvalue weighted by atomic mass is 79.9. The number of benzene rings is 1. The average Bonchev–Trinajstić information content (AvgIpc) is 2.68. The van der Waals surface area contributed by atoms with E-state index >= 15 is 0 Å². The molecule has 3 N–H and O–H groups in total. The van der Waals surface area contributed by atoms with Crippen LogP contribution in [0.25, 0.3) is 0 Å². The van der Waals surface area contributed by atoms with Gasteiger partial charge in [-0.2, -0.15) is 0 Å². The van der Waals surface area contributed by atoms with Gasteiger partial charge in [0.2, 0.25) is 0 Å². The second kappa shape index (κ2) is 10.6. The van der Waals surface area contributed by atoms with Crippen molar-refractivity contribution in [2.75, 3.05) is 12.4 Å². The molecule has 0 saturated heterocycles. The minimum Gasteiger partial charge on any atom is -0.455 e. The van der Waals surface area contributed by atoms with E-state index in [1.54, 1.807) is 6.92 Å². The van der Waals surface area contributed by atoms with E-state index in [9.17, 15) is 14.4 Å². The Balaban J connectivity index is 1.89. The molecule has 1 heterocycles. The molecule has 1 aromatic heterocycles. The number of nitrogens with one attached hydrogen (secondary N) is 1. The molecule has 0 aliphatic heterocycles. The predicted molar refractivity (Wildman–Crippen MR) is 119 cm³/mol. The van der Waals surface area contributed by atoms with E-state index in [4.69, 9.17) is 10.5 Å². The number of esters is 1. The van der Waals surface area contributed by atoms with Gasteiger partial charge < -0.3 is 15.8 Å². The number of amides is 2. The van der Waals surface area contributed by atoms with Gasteiger partial charge in [0.15, 0.2) is 6.61 Å². The number of pyridine rings is 1. The largest absolute Gasteiger partial charge is 0.455 e. The average molecular weight is 494 g/mol. The highest BCUT2D eigenvalue weighted by Gasteiger charge is 2.19. The van der Waals surface area contributed by atoms with Crippen LogP contribution in [0.2, 0.25) is 0 Å². The zero-order valence-electron chi connectivity index (χ0n) is 17.2. The maximum atomic E-state index is 12.1. The highest BCUT2D eigenvalue weighted by Crippen LogP contribution is 2.26. The number of aromatic nitrogens is 1. The highest BCUT2D eigenvalue weighted by molar-refractivity contribution is 9.10. The molecule has 0 radical (unpaired) electrons. The first-order valence-electron chi connectivity index (χ1n) is 9.21. The smallest absolute Gasteiger partial charge is 0.316 e. The van der Waals surface area contributed by atoms with E-state index in [2.05, 4.69) is 26.2 Å². The van der Waals surface area contributed by atoms with Crippen LogP contribution in [-0.2, 0) is 14.3 Å². The monoisotopic (exact) mass is 493 g/mol. The van der Waals surface area contributed by atoms with E-state index in [-0.39, 0.29) is 18.4 Å². The van der Waals surface area contributed by atoms with E-state index in [0.29, 0.717) is 10.6 Å². The maximum Gasteiger partial charge on any atom is 0.316 e. The van der Waals surface area contributed by atoms with Gasteiger partial charge in [-0.3, -0.25) is 14.4 Å². The zero-order chi connectivity index (χ0) is 22.4. The molecule has 2 amide bonds. The van der Waals surface area contributed by atoms with Crippen molar-refractivity contribution in [3.63, 3.8) is 0 Å². The molecule has 0 spiro atoms. The maximum absolute atomic E-state index is 12.1. The number of nitrogens with zero attached hydrogens (tertiary/aromatic N) is 1. The third-order valence-electron chi connectivity index (χ3n) is 4.65. The van der Waals surface area contributed by atoms with Crippen LogP contribution in [0.1, 0.15) is 45.7 Å². The third kappa shape index (κ3) is 6.30. The van der Waals surface area contributed by atoms with Crippen LogP contribution in [0.3, 0.4) is 0 Å². The Kier molecular flexibility index (Phi) is 8.43. The first kappa shape index (κ1) is 23.9. The summed E-state index contributed by atoms with van der Waals surface area (Å²) >= 11 is 4.43. The van der Waals surface area contributed by atoms with Gasteiger partial charge in [-0.25, -0.2) is 4.98 Å². The molecule has 0 aliphatic rings. The molecule has 7 nitrogen and oxygen atoms in total. The van der Waals surface area contributed by atoms with Gasteiger partial charge in [-0.15, -0.1) is 0 Å². The molecule has 160 valence electrons. The van der Waals surface area contributed by atoms with E-state index < -0.39 is 17.8 Å². The van der Waals surface area contributed by atoms with Gasteiger partial charge in [0.05, 0.1) is 17.4 Å². The van der Waals surface area contributed by atoms with Crippen molar-refractivity contribution < 1.29 is 19.1 Å². The summed E-state index contributed by atoms with van der Waals surface area (Å²) in [5.74, 6) is -1.67. The van der Waals surface area contributed by atoms with Crippen LogP contribution in [0.4, 0.5) is 0 Å². The van der Waals surface area contributed by atoms with Crippen LogP contribution in [0, 0.1) is 20.8 Å². The lowest BCUT2D eigenvalue weighted by molar-refractivity contribution is -0.146. The SMILES string of the molecule is Cc1nc(SCC(=O)OCC(=O)N[C@@H](C)c2ccc(Br)cc2)c(C(N)=O)c(C)c1C. The van der Waals surface area contributed by atoms with Gasteiger partial charge in [0.25, 0.3) is 11.8 Å². The molecule has 2 aromatic rings. The Hall–Kier alpha value is -2.39. The Morgan fingerprint density at radius 1 is 1.17 bits per heavy atom. The number of carbonyl (C=O) groups is 3. The summed E-state index contributed by atoms with van der Waals surface area (Å²) in [6.45, 7) is 6.94. The number of nitrogens with two attached hydrogens (primary N) is 1. The molecule has 0 bridgehead atoms. The fourth-order valence-corrected chi connectivity index (χ4v) is 3.94. The van der Waals surface area contributed by atoms with Gasteiger partial charge in [-0.05, 0) is 56.5 Å². The molecule has 0 aliphatic carbocycles. The first-order chi connectivity index (χ1) is 14.1. The predicted octanol–water partition coefficient (Wildman–Crippen LogP) is 3.38. The molecule has 1 aromatic carbocycles. The van der Waals surface area contributed by atoms with Crippen molar-refractivity contribution in [1.29, 1.82) is 0 Å². The number of primary amides is 1. The summed E-state index contributed by atoms with van der Waals surface area (Å²) < 4.78 is 5.99. The normalized spacial score (nSPS) is 11.6. The van der Waals surface area contributed by atoms with Crippen molar-refractivity contribution in [3.05, 3.63) is 56.7 Å². The van der Waals surface area contributed by atoms with Crippen LogP contribution >= 0.6 is 27.7 Å². The fourth-order valence-electron chi connectivity index (χ4n) is 2.74. The minimum atomic E-state index is -0.597. The Morgan fingerprint density at radius 2 is 1.80 bits per heavy atom. The lowest BCUT2D eigenvalue weighted by Gasteiger charge is -2.15. The number of halogens is 1. The van der Waals surface area contributed by atoms with Crippen molar-refractivity contribution in [1.82, 2.24) is 10.3 Å². The Labute approximate surface area is 188 Å². The molecule has 2 rings (SSSR count). The number of rotatable bonds is 8. The van der Waals surface area contributed by atoms with Gasteiger partial charge >= 0.3 is 5.97 Å². The quantitative estimate of drug-likeness (QED) is 0.430. The zero-order valence-corrected chi connectivity index (χ0v) is 19.6. The molecular formula is C21H24BrN3O4S. The van der Waals surface area contributed by atoms with Crippen molar-refractivity contribution in [2.45, 2.75) is 38.8 Å². The number of ether oxygens (including phenoxy) is 1. The van der Waals surface area contributed by atoms with E-state index in [1.165, 1.54) is 0 Å². The molecular weight excluding hydrogens is 470 g/mol. The van der Waals surface area contributed by atoms with E-state index in [1.807, 2.05) is 45.0 Å². The lowest BCUT2D eigenvalue weighted by Crippen LogP contribution is -2.31. The van der Waals surface area contributed by atoms with Crippen LogP contribution < -0.4 is 11.1 Å². The van der Waals surface area contributed by atoms with Crippen LogP contribution in [0.15, 0.2) is 33.8 Å². The number of aryl methyl sites for hydroxylation is 1. The summed E-state index contributed by atoms with van der Waals surface area (Å²) in [5.41, 5.74) is 9.10. The van der Waals surface area contributed by atoms with Crippen molar-refractivity contribution in [3.8, 4) is 0 Å². The second-order valence-electron chi connectivity index (χ2n) is 6.78. The van der Waals surface area contributed by atoms with Crippen molar-refractivity contribution >= 4 is 45.5 Å². The van der Waals surface area contributed by atoms with Crippen LogP contribution in [0.5, 0.6) is 0 Å². The molecule has 0 unspecified atom stereocenters. The standard InChI is InChI=1S/C21H24BrN3O4S/c1-11-12(2)19(20(23)28)21(25-13(11)3)30-10-18(27)29-9-17(26)24-14(4)15-5-7-16(22)8-6-15/h5-8,14H,9-10H2,1-4H3,(H2,23,28)(H,24,26)/t14-/m0/s1. The topological polar surface area (TPSA) is 111 Å². The Morgan fingerprint density at radius 3 is 2.40 bits per heavy atom. The minimum absolute atomic E-state index is 0.0925. The van der Waals surface area contributed by atoms with Crippen LogP contribution in [-0.4, -0.2) is 35.1 Å². The van der Waals surface area contributed by atoms with Gasteiger partial charge in [0, 0.05) is 10.2 Å². The number of hydrogen-bond donors (Lipinski definition) is 2. The Bertz CT molecular complexity index is 964.